The van der Waals surface area contributed by atoms with E-state index in [1.54, 1.807) is 24.3 Å². The maximum atomic E-state index is 11.1. The van der Waals surface area contributed by atoms with E-state index in [2.05, 4.69) is 0 Å². The molecule has 1 aliphatic rings. The first-order chi connectivity index (χ1) is 7.29. The van der Waals surface area contributed by atoms with E-state index in [4.69, 9.17) is 0 Å². The third-order valence-corrected chi connectivity index (χ3v) is 1.85. The normalized spacial score (nSPS) is 12.0. The number of benzene rings is 1. The maximum absolute atomic E-state index is 11.1. The molecule has 1 aromatic carbocycles. The van der Waals surface area contributed by atoms with Gasteiger partial charge in [0.15, 0.2) is 11.6 Å². The van der Waals surface area contributed by atoms with Crippen LogP contribution in [0.15, 0.2) is 24.3 Å². The second-order valence-corrected chi connectivity index (χ2v) is 2.57. The molecule has 0 bridgehead atoms. The zero-order chi connectivity index (χ0) is 11.8. The highest BCUT2D eigenvalue weighted by molar-refractivity contribution is 6.24. The molecule has 1 aromatic rings. The molecule has 0 amide bonds. The van der Waals surface area contributed by atoms with Crippen LogP contribution in [0.1, 0.15) is 54.8 Å². The van der Waals surface area contributed by atoms with Crippen LogP contribution in [0, 0.1) is 0 Å². The molecule has 15 heavy (non-hydrogen) atoms. The molecule has 0 unspecified atom stereocenters. The molecule has 1 aliphatic carbocycles. The van der Waals surface area contributed by atoms with E-state index in [1.165, 1.54) is 0 Å². The van der Waals surface area contributed by atoms with E-state index in [-0.39, 0.29) is 18.0 Å². The van der Waals surface area contributed by atoms with E-state index in [0.717, 1.165) is 0 Å². The molecule has 0 spiro atoms. The summed E-state index contributed by atoms with van der Waals surface area (Å²) in [7, 11) is 0. The van der Waals surface area contributed by atoms with Crippen LogP contribution < -0.4 is 0 Å². The number of fused-ring (bicyclic) bond motifs is 1. The van der Waals surface area contributed by atoms with Gasteiger partial charge in [0.05, 0.1) is 6.42 Å². The Labute approximate surface area is 91.3 Å². The Morgan fingerprint density at radius 2 is 1.13 bits per heavy atom. The lowest BCUT2D eigenvalue weighted by molar-refractivity contribution is 0.0923. The molecule has 0 aromatic heterocycles. The van der Waals surface area contributed by atoms with Gasteiger partial charge in [-0.25, -0.2) is 0 Å². The number of carbonyl (C=O) groups excluding carboxylic acids is 2. The number of hydrogen-bond acceptors (Lipinski definition) is 2. The zero-order valence-electron chi connectivity index (χ0n) is 9.83. The fraction of sp³-hybridized carbons (Fsp3) is 0.385. The number of Topliss-reactive ketones (excluding diaryl/α,β-unsaturated/α-hetero) is 2. The highest BCUT2D eigenvalue weighted by atomic mass is 16.2. The van der Waals surface area contributed by atoms with Gasteiger partial charge in [0, 0.05) is 11.1 Å². The summed E-state index contributed by atoms with van der Waals surface area (Å²) in [5, 5.41) is 0. The Bertz CT molecular complexity index is 307. The van der Waals surface area contributed by atoms with Crippen molar-refractivity contribution in [3.05, 3.63) is 35.4 Å². The average Bonchev–Trinajstić information content (AvgIpc) is 2.61. The van der Waals surface area contributed by atoms with E-state index in [9.17, 15) is 9.59 Å². The van der Waals surface area contributed by atoms with E-state index in [1.807, 2.05) is 27.7 Å². The van der Waals surface area contributed by atoms with E-state index in [0.29, 0.717) is 11.1 Å². The maximum Gasteiger partial charge on any atom is 0.171 e. The van der Waals surface area contributed by atoms with Crippen molar-refractivity contribution in [3.8, 4) is 0 Å². The highest BCUT2D eigenvalue weighted by Gasteiger charge is 2.25. The van der Waals surface area contributed by atoms with Gasteiger partial charge in [-0.1, -0.05) is 52.0 Å². The molecule has 0 heterocycles. The van der Waals surface area contributed by atoms with Gasteiger partial charge in [0.2, 0.25) is 0 Å². The van der Waals surface area contributed by atoms with Crippen molar-refractivity contribution in [3.63, 3.8) is 0 Å². The number of hydrogen-bond donors (Lipinski definition) is 0. The Hall–Kier alpha value is -1.44. The summed E-state index contributed by atoms with van der Waals surface area (Å²) in [5.41, 5.74) is 1.16. The highest BCUT2D eigenvalue weighted by Crippen LogP contribution is 2.20. The van der Waals surface area contributed by atoms with Gasteiger partial charge >= 0.3 is 0 Å². The molecular weight excluding hydrogens is 188 g/mol. The van der Waals surface area contributed by atoms with Gasteiger partial charge < -0.3 is 0 Å². The fourth-order valence-electron chi connectivity index (χ4n) is 1.31. The van der Waals surface area contributed by atoms with E-state index < -0.39 is 0 Å². The summed E-state index contributed by atoms with van der Waals surface area (Å²) >= 11 is 0. The SMILES string of the molecule is CC.CC.O=C1CC(=O)c2ccccc21. The van der Waals surface area contributed by atoms with Crippen LogP contribution >= 0.6 is 0 Å². The van der Waals surface area contributed by atoms with Crippen LogP contribution in [0.25, 0.3) is 0 Å². The van der Waals surface area contributed by atoms with Crippen molar-refractivity contribution in [1.82, 2.24) is 0 Å². The topological polar surface area (TPSA) is 34.1 Å². The quantitative estimate of drug-likeness (QED) is 0.609. The molecule has 2 heteroatoms. The average molecular weight is 206 g/mol. The molecular formula is C13H18O2. The lowest BCUT2D eigenvalue weighted by Crippen LogP contribution is -1.90. The lowest BCUT2D eigenvalue weighted by Gasteiger charge is -1.90. The third kappa shape index (κ3) is 3.01. The summed E-state index contributed by atoms with van der Waals surface area (Å²) in [4.78, 5) is 22.1. The molecule has 0 aliphatic heterocycles. The van der Waals surface area contributed by atoms with Crippen LogP contribution in [0.2, 0.25) is 0 Å². The summed E-state index contributed by atoms with van der Waals surface area (Å²) in [6.07, 6.45) is 0.0549. The molecule has 0 N–H and O–H groups in total. The van der Waals surface area contributed by atoms with Crippen LogP contribution in [-0.4, -0.2) is 11.6 Å². The van der Waals surface area contributed by atoms with Gasteiger partial charge in [-0.3, -0.25) is 9.59 Å². The third-order valence-electron chi connectivity index (χ3n) is 1.85. The fourth-order valence-corrected chi connectivity index (χ4v) is 1.31. The zero-order valence-corrected chi connectivity index (χ0v) is 9.83. The smallest absolute Gasteiger partial charge is 0.171 e. The summed E-state index contributed by atoms with van der Waals surface area (Å²) in [6.45, 7) is 8.00. The van der Waals surface area contributed by atoms with Crippen LogP contribution in [-0.2, 0) is 0 Å². The first-order valence-electron chi connectivity index (χ1n) is 5.44. The molecule has 82 valence electrons. The van der Waals surface area contributed by atoms with Gasteiger partial charge in [-0.05, 0) is 0 Å². The second-order valence-electron chi connectivity index (χ2n) is 2.57. The van der Waals surface area contributed by atoms with Crippen molar-refractivity contribution in [2.75, 3.05) is 0 Å². The van der Waals surface area contributed by atoms with Crippen molar-refractivity contribution in [1.29, 1.82) is 0 Å². The second kappa shape index (κ2) is 6.93. The molecule has 0 radical (unpaired) electrons. The number of ketones is 2. The summed E-state index contributed by atoms with van der Waals surface area (Å²) in [6, 6.07) is 6.94. The van der Waals surface area contributed by atoms with Crippen molar-refractivity contribution in [2.24, 2.45) is 0 Å². The van der Waals surface area contributed by atoms with Crippen molar-refractivity contribution in [2.45, 2.75) is 34.1 Å². The van der Waals surface area contributed by atoms with Crippen LogP contribution in [0.4, 0.5) is 0 Å². The summed E-state index contributed by atoms with van der Waals surface area (Å²) in [5.74, 6) is -0.101. The minimum absolute atomic E-state index is 0.0504. The Morgan fingerprint density at radius 1 is 0.800 bits per heavy atom. The van der Waals surface area contributed by atoms with Crippen molar-refractivity contribution < 1.29 is 9.59 Å². The van der Waals surface area contributed by atoms with Gasteiger partial charge in [0.25, 0.3) is 0 Å². The Morgan fingerprint density at radius 3 is 1.47 bits per heavy atom. The molecule has 2 nitrogen and oxygen atoms in total. The van der Waals surface area contributed by atoms with Crippen LogP contribution in [0.3, 0.4) is 0 Å². The minimum atomic E-state index is -0.0504. The van der Waals surface area contributed by atoms with Gasteiger partial charge in [-0.2, -0.15) is 0 Å². The standard InChI is InChI=1S/C9H6O2.2C2H6/c10-8-5-9(11)7-4-2-1-3-6(7)8;2*1-2/h1-4H,5H2;2*1-2H3. The molecule has 0 fully saturated rings. The Balaban J connectivity index is 0.000000442. The largest absolute Gasteiger partial charge is 0.294 e. The molecule has 2 rings (SSSR count). The Kier molecular flexibility index (Phi) is 6.27. The first-order valence-corrected chi connectivity index (χ1v) is 5.44. The summed E-state index contributed by atoms with van der Waals surface area (Å²) < 4.78 is 0. The molecule has 0 saturated carbocycles. The van der Waals surface area contributed by atoms with Gasteiger partial charge in [0.1, 0.15) is 0 Å². The van der Waals surface area contributed by atoms with Gasteiger partial charge in [-0.15, -0.1) is 0 Å². The molecule has 0 atom stereocenters. The first kappa shape index (κ1) is 13.6. The number of rotatable bonds is 0. The van der Waals surface area contributed by atoms with E-state index >= 15 is 0 Å². The molecule has 0 saturated heterocycles. The van der Waals surface area contributed by atoms with Crippen molar-refractivity contribution >= 4 is 11.6 Å². The lowest BCUT2D eigenvalue weighted by atomic mass is 10.1. The van der Waals surface area contributed by atoms with Crippen LogP contribution in [0.5, 0.6) is 0 Å². The predicted molar refractivity (Wildman–Crippen MR) is 62.4 cm³/mol. The predicted octanol–water partition coefficient (Wildman–Crippen LogP) is 3.51. The number of carbonyl (C=O) groups is 2. The minimum Gasteiger partial charge on any atom is -0.294 e. The monoisotopic (exact) mass is 206 g/mol.